The number of fused-ring (bicyclic) bond motifs is 2. The maximum absolute atomic E-state index is 10.9. The first-order valence-electron chi connectivity index (χ1n) is 11.4. The lowest BCUT2D eigenvalue weighted by atomic mass is 9.91. The number of hydrogen-bond acceptors (Lipinski definition) is 6. The Balaban J connectivity index is 1.42. The third-order valence-corrected chi connectivity index (χ3v) is 6.75. The fourth-order valence-electron chi connectivity index (χ4n) is 4.67. The summed E-state index contributed by atoms with van der Waals surface area (Å²) in [5, 5.41) is 19.0. The summed E-state index contributed by atoms with van der Waals surface area (Å²) in [7, 11) is 0. The summed E-state index contributed by atoms with van der Waals surface area (Å²) in [5.41, 5.74) is 6.35. The number of nitrogens with zero attached hydrogens (tertiary/aromatic N) is 5. The number of carboxylic acids is 1. The largest absolute Gasteiger partial charge is 0.481 e. The Kier molecular flexibility index (Phi) is 5.87. The quantitative estimate of drug-likeness (QED) is 0.409. The molecule has 1 N–H and O–H groups in total. The Bertz CT molecular complexity index is 1390. The van der Waals surface area contributed by atoms with Gasteiger partial charge >= 0.3 is 5.97 Å². The van der Waals surface area contributed by atoms with Gasteiger partial charge in [0.25, 0.3) is 5.89 Å². The zero-order valence-electron chi connectivity index (χ0n) is 19.4. The summed E-state index contributed by atoms with van der Waals surface area (Å²) in [6.07, 6.45) is 1.03. The molecule has 8 nitrogen and oxygen atoms in total. The van der Waals surface area contributed by atoms with Crippen LogP contribution >= 0.6 is 11.6 Å². The van der Waals surface area contributed by atoms with Crippen molar-refractivity contribution in [3.8, 4) is 22.8 Å². The van der Waals surface area contributed by atoms with E-state index in [0.717, 1.165) is 47.1 Å². The van der Waals surface area contributed by atoms with Crippen LogP contribution in [-0.2, 0) is 17.8 Å². The number of rotatable bonds is 6. The summed E-state index contributed by atoms with van der Waals surface area (Å²) < 4.78 is 7.53. The molecule has 0 unspecified atom stereocenters. The molecule has 3 heterocycles. The highest BCUT2D eigenvalue weighted by Gasteiger charge is 2.22. The third kappa shape index (κ3) is 4.08. The van der Waals surface area contributed by atoms with Crippen molar-refractivity contribution in [1.82, 2.24) is 24.8 Å². The van der Waals surface area contributed by atoms with Crippen molar-refractivity contribution in [1.29, 1.82) is 0 Å². The highest BCUT2D eigenvalue weighted by molar-refractivity contribution is 6.34. The second-order valence-electron chi connectivity index (χ2n) is 9.03. The number of benzene rings is 2. The van der Waals surface area contributed by atoms with Crippen molar-refractivity contribution in [2.75, 3.05) is 13.1 Å². The molecule has 5 rings (SSSR count). The van der Waals surface area contributed by atoms with E-state index in [-0.39, 0.29) is 12.5 Å². The zero-order valence-corrected chi connectivity index (χ0v) is 20.1. The van der Waals surface area contributed by atoms with E-state index in [1.54, 1.807) is 0 Å². The highest BCUT2D eigenvalue weighted by atomic mass is 35.5. The number of carboxylic acid groups (broad SMARTS) is 1. The average molecular weight is 480 g/mol. The topological polar surface area (TPSA) is 97.3 Å². The fraction of sp³-hybridized carbons (Fsp3) is 0.360. The van der Waals surface area contributed by atoms with Crippen LogP contribution < -0.4 is 0 Å². The van der Waals surface area contributed by atoms with Crippen molar-refractivity contribution in [2.24, 2.45) is 0 Å². The number of halogens is 1. The molecule has 0 fully saturated rings. The Morgan fingerprint density at radius 1 is 1.26 bits per heavy atom. The lowest BCUT2D eigenvalue weighted by Crippen LogP contribution is -2.32. The average Bonchev–Trinajstić information content (AvgIpc) is 3.43. The standard InChI is InChI=1S/C25H26ClN5O3/c1-14(2)31-21-7-5-16(12-20(21)23(26)28-31)25-27-24(29-34-25)19-6-4-17-13-30(11-9-22(32)33)10-8-18(17)15(19)3/h4-7,12,14H,8-11,13H2,1-3H3,(H,32,33). The molecule has 0 spiro atoms. The van der Waals surface area contributed by atoms with Crippen molar-refractivity contribution in [3.63, 3.8) is 0 Å². The minimum Gasteiger partial charge on any atom is -0.481 e. The summed E-state index contributed by atoms with van der Waals surface area (Å²) >= 11 is 6.38. The van der Waals surface area contributed by atoms with Crippen molar-refractivity contribution < 1.29 is 14.4 Å². The first kappa shape index (κ1) is 22.6. The zero-order chi connectivity index (χ0) is 24.0. The fourth-order valence-corrected chi connectivity index (χ4v) is 4.90. The van der Waals surface area contributed by atoms with Crippen molar-refractivity contribution >= 4 is 28.5 Å². The summed E-state index contributed by atoms with van der Waals surface area (Å²) in [6, 6.07) is 10.2. The van der Waals surface area contributed by atoms with Crippen LogP contribution in [0.25, 0.3) is 33.7 Å². The van der Waals surface area contributed by atoms with Gasteiger partial charge in [-0.1, -0.05) is 28.9 Å². The van der Waals surface area contributed by atoms with E-state index in [4.69, 9.17) is 21.2 Å². The van der Waals surface area contributed by atoms with Crippen LogP contribution in [0.1, 0.15) is 43.0 Å². The van der Waals surface area contributed by atoms with E-state index in [2.05, 4.69) is 47.0 Å². The molecule has 0 saturated carbocycles. The maximum atomic E-state index is 10.9. The summed E-state index contributed by atoms with van der Waals surface area (Å²) in [5.74, 6) is 0.218. The maximum Gasteiger partial charge on any atom is 0.304 e. The lowest BCUT2D eigenvalue weighted by Gasteiger charge is -2.29. The SMILES string of the molecule is Cc1c(-c2noc(-c3ccc4c(c3)c(Cl)nn4C(C)C)n2)ccc2c1CCN(CCC(=O)O)C2. The van der Waals surface area contributed by atoms with Gasteiger partial charge in [0.05, 0.1) is 11.9 Å². The molecule has 4 aromatic rings. The van der Waals surface area contributed by atoms with Crippen LogP contribution in [0.4, 0.5) is 0 Å². The van der Waals surface area contributed by atoms with Crippen LogP contribution in [0.15, 0.2) is 34.9 Å². The van der Waals surface area contributed by atoms with Gasteiger partial charge in [0.1, 0.15) is 0 Å². The molecule has 0 amide bonds. The molecule has 1 aliphatic rings. The van der Waals surface area contributed by atoms with Crippen LogP contribution in [0, 0.1) is 6.92 Å². The van der Waals surface area contributed by atoms with E-state index in [9.17, 15) is 4.79 Å². The molecule has 0 aliphatic carbocycles. The van der Waals surface area contributed by atoms with E-state index in [1.165, 1.54) is 11.1 Å². The molecular formula is C25H26ClN5O3. The van der Waals surface area contributed by atoms with Gasteiger partial charge in [-0.3, -0.25) is 14.4 Å². The van der Waals surface area contributed by atoms with Gasteiger partial charge < -0.3 is 9.63 Å². The predicted octanol–water partition coefficient (Wildman–Crippen LogP) is 5.13. The minimum absolute atomic E-state index is 0.160. The minimum atomic E-state index is -0.764. The normalized spacial score (nSPS) is 14.1. The van der Waals surface area contributed by atoms with Gasteiger partial charge in [-0.2, -0.15) is 10.1 Å². The summed E-state index contributed by atoms with van der Waals surface area (Å²) in [4.78, 5) is 17.8. The van der Waals surface area contributed by atoms with Crippen LogP contribution in [0.5, 0.6) is 0 Å². The molecule has 0 bridgehead atoms. The molecule has 2 aromatic carbocycles. The Hall–Kier alpha value is -3.23. The molecule has 34 heavy (non-hydrogen) atoms. The van der Waals surface area contributed by atoms with Gasteiger partial charge in [0.15, 0.2) is 5.15 Å². The number of aromatic nitrogens is 4. The van der Waals surface area contributed by atoms with Crippen molar-refractivity contribution in [2.45, 2.75) is 46.2 Å². The molecule has 9 heteroatoms. The Labute approximate surface area is 202 Å². The van der Waals surface area contributed by atoms with E-state index >= 15 is 0 Å². The predicted molar refractivity (Wildman–Crippen MR) is 130 cm³/mol. The molecule has 2 aromatic heterocycles. The third-order valence-electron chi connectivity index (χ3n) is 6.47. The summed E-state index contributed by atoms with van der Waals surface area (Å²) in [6.45, 7) is 8.38. The smallest absolute Gasteiger partial charge is 0.304 e. The molecule has 0 radical (unpaired) electrons. The van der Waals surface area contributed by atoms with Crippen LogP contribution in [-0.4, -0.2) is 49.0 Å². The molecule has 0 saturated heterocycles. The van der Waals surface area contributed by atoms with Gasteiger partial charge in [-0.15, -0.1) is 0 Å². The van der Waals surface area contributed by atoms with E-state index < -0.39 is 5.97 Å². The monoisotopic (exact) mass is 479 g/mol. The van der Waals surface area contributed by atoms with Crippen molar-refractivity contribution in [3.05, 3.63) is 52.2 Å². The molecule has 176 valence electrons. The van der Waals surface area contributed by atoms with E-state index in [1.807, 2.05) is 28.9 Å². The Morgan fingerprint density at radius 2 is 2.09 bits per heavy atom. The highest BCUT2D eigenvalue weighted by Crippen LogP contribution is 2.33. The second-order valence-corrected chi connectivity index (χ2v) is 9.39. The van der Waals surface area contributed by atoms with Gasteiger partial charge in [0.2, 0.25) is 5.82 Å². The number of aliphatic carboxylic acids is 1. The number of hydrogen-bond donors (Lipinski definition) is 1. The molecule has 0 atom stereocenters. The lowest BCUT2D eigenvalue weighted by molar-refractivity contribution is -0.137. The molecule has 1 aliphatic heterocycles. The number of carbonyl (C=O) groups is 1. The molecular weight excluding hydrogens is 454 g/mol. The van der Waals surface area contributed by atoms with Crippen LogP contribution in [0.3, 0.4) is 0 Å². The van der Waals surface area contributed by atoms with Gasteiger partial charge in [0, 0.05) is 42.2 Å². The first-order chi connectivity index (χ1) is 16.3. The second kappa shape index (κ2) is 8.85. The first-order valence-corrected chi connectivity index (χ1v) is 11.8. The van der Waals surface area contributed by atoms with Crippen LogP contribution in [0.2, 0.25) is 5.15 Å². The Morgan fingerprint density at radius 3 is 2.85 bits per heavy atom. The van der Waals surface area contributed by atoms with Gasteiger partial charge in [-0.25, -0.2) is 0 Å². The van der Waals surface area contributed by atoms with Gasteiger partial charge in [-0.05, 0) is 62.1 Å². The van der Waals surface area contributed by atoms with E-state index in [0.29, 0.717) is 23.4 Å².